The van der Waals surface area contributed by atoms with Crippen molar-refractivity contribution in [3.8, 4) is 0 Å². The topological polar surface area (TPSA) is 110 Å². The standard InChI is InChI=1S/C11H11N5O2S2/c12-9-11(14-4-3-13-9)20-6-8(17)15-16-10(18)7-2-1-5-19-7/h1-5H,6H2,(H2,12,13)(H,15,17)(H,16,18). The minimum Gasteiger partial charge on any atom is -0.381 e. The van der Waals surface area contributed by atoms with Crippen LogP contribution in [0.25, 0.3) is 0 Å². The van der Waals surface area contributed by atoms with Gasteiger partial charge in [0.1, 0.15) is 5.03 Å². The smallest absolute Gasteiger partial charge is 0.279 e. The Balaban J connectivity index is 1.76. The lowest BCUT2D eigenvalue weighted by Crippen LogP contribution is -2.42. The van der Waals surface area contributed by atoms with Crippen LogP contribution in [-0.2, 0) is 4.79 Å². The first-order chi connectivity index (χ1) is 9.66. The summed E-state index contributed by atoms with van der Waals surface area (Å²) in [4.78, 5) is 31.5. The molecule has 104 valence electrons. The van der Waals surface area contributed by atoms with Crippen molar-refractivity contribution in [2.45, 2.75) is 5.03 Å². The molecule has 0 unspecified atom stereocenters. The maximum atomic E-state index is 11.6. The summed E-state index contributed by atoms with van der Waals surface area (Å²) in [6.07, 6.45) is 2.97. The first kappa shape index (κ1) is 14.3. The minimum atomic E-state index is -0.357. The van der Waals surface area contributed by atoms with E-state index in [1.54, 1.807) is 17.5 Å². The quantitative estimate of drug-likeness (QED) is 0.566. The Morgan fingerprint density at radius 2 is 2.10 bits per heavy atom. The molecule has 2 aromatic heterocycles. The van der Waals surface area contributed by atoms with Gasteiger partial charge < -0.3 is 5.73 Å². The van der Waals surface area contributed by atoms with Gasteiger partial charge in [-0.15, -0.1) is 11.3 Å². The number of thioether (sulfide) groups is 1. The number of nitrogens with one attached hydrogen (secondary N) is 2. The molecule has 0 aliphatic carbocycles. The summed E-state index contributed by atoms with van der Waals surface area (Å²) in [5.41, 5.74) is 10.2. The highest BCUT2D eigenvalue weighted by Gasteiger charge is 2.09. The van der Waals surface area contributed by atoms with Gasteiger partial charge in [0.25, 0.3) is 5.91 Å². The van der Waals surface area contributed by atoms with Crippen LogP contribution < -0.4 is 16.6 Å². The molecule has 0 aliphatic heterocycles. The fourth-order valence-corrected chi connectivity index (χ4v) is 2.51. The minimum absolute atomic E-state index is 0.0770. The maximum Gasteiger partial charge on any atom is 0.279 e. The van der Waals surface area contributed by atoms with Crippen LogP contribution in [-0.4, -0.2) is 27.5 Å². The molecule has 0 bridgehead atoms. The summed E-state index contributed by atoms with van der Waals surface area (Å²) < 4.78 is 0. The highest BCUT2D eigenvalue weighted by Crippen LogP contribution is 2.18. The molecule has 7 nitrogen and oxygen atoms in total. The second kappa shape index (κ2) is 6.87. The van der Waals surface area contributed by atoms with Crippen molar-refractivity contribution in [1.29, 1.82) is 0 Å². The number of amides is 2. The van der Waals surface area contributed by atoms with Gasteiger partial charge in [0.05, 0.1) is 10.6 Å². The maximum absolute atomic E-state index is 11.6. The molecule has 0 radical (unpaired) electrons. The molecule has 2 heterocycles. The molecule has 2 aromatic rings. The van der Waals surface area contributed by atoms with Gasteiger partial charge in [-0.1, -0.05) is 17.8 Å². The lowest BCUT2D eigenvalue weighted by molar-refractivity contribution is -0.119. The molecule has 0 aromatic carbocycles. The summed E-state index contributed by atoms with van der Waals surface area (Å²) in [6, 6.07) is 3.43. The summed E-state index contributed by atoms with van der Waals surface area (Å²) in [7, 11) is 0. The summed E-state index contributed by atoms with van der Waals surface area (Å²) >= 11 is 2.44. The first-order valence-corrected chi connectivity index (χ1v) is 7.35. The van der Waals surface area contributed by atoms with Crippen molar-refractivity contribution in [2.24, 2.45) is 0 Å². The molecule has 2 rings (SSSR count). The molecule has 9 heteroatoms. The lowest BCUT2D eigenvalue weighted by Gasteiger charge is -2.06. The molecule has 0 atom stereocenters. The second-order valence-electron chi connectivity index (χ2n) is 3.52. The number of nitrogen functional groups attached to an aromatic ring is 1. The number of aromatic nitrogens is 2. The van der Waals surface area contributed by atoms with E-state index in [1.807, 2.05) is 0 Å². The van der Waals surface area contributed by atoms with E-state index in [2.05, 4.69) is 20.8 Å². The zero-order valence-electron chi connectivity index (χ0n) is 10.2. The van der Waals surface area contributed by atoms with Gasteiger partial charge in [0, 0.05) is 12.4 Å². The van der Waals surface area contributed by atoms with Gasteiger partial charge >= 0.3 is 0 Å². The largest absolute Gasteiger partial charge is 0.381 e. The Morgan fingerprint density at radius 1 is 1.30 bits per heavy atom. The zero-order valence-corrected chi connectivity index (χ0v) is 11.8. The Labute approximate surface area is 123 Å². The van der Waals surface area contributed by atoms with E-state index in [1.165, 1.54) is 23.7 Å². The van der Waals surface area contributed by atoms with Crippen molar-refractivity contribution >= 4 is 40.7 Å². The monoisotopic (exact) mass is 309 g/mol. The molecule has 2 amide bonds. The van der Waals surface area contributed by atoms with Crippen LogP contribution >= 0.6 is 23.1 Å². The molecule has 4 N–H and O–H groups in total. The number of thiophene rings is 1. The van der Waals surface area contributed by atoms with Crippen molar-refractivity contribution in [3.05, 3.63) is 34.8 Å². The highest BCUT2D eigenvalue weighted by atomic mass is 32.2. The number of nitrogens with zero attached hydrogens (tertiary/aromatic N) is 2. The van der Waals surface area contributed by atoms with Gasteiger partial charge in [0.2, 0.25) is 5.91 Å². The van der Waals surface area contributed by atoms with Gasteiger partial charge in [-0.05, 0) is 11.4 Å². The molecular weight excluding hydrogens is 298 g/mol. The molecule has 0 aliphatic rings. The van der Waals surface area contributed by atoms with Crippen LogP contribution in [0.3, 0.4) is 0 Å². The third kappa shape index (κ3) is 3.93. The van der Waals surface area contributed by atoms with Gasteiger partial charge in [0.15, 0.2) is 5.82 Å². The normalized spacial score (nSPS) is 10.0. The average Bonchev–Trinajstić information content (AvgIpc) is 2.98. The number of rotatable bonds is 4. The lowest BCUT2D eigenvalue weighted by atomic mass is 10.4. The highest BCUT2D eigenvalue weighted by molar-refractivity contribution is 8.00. The Hall–Kier alpha value is -2.13. The van der Waals surface area contributed by atoms with Crippen LogP contribution in [0.15, 0.2) is 34.9 Å². The van der Waals surface area contributed by atoms with Gasteiger partial charge in [-0.2, -0.15) is 0 Å². The summed E-state index contributed by atoms with van der Waals surface area (Å²) in [5, 5.41) is 2.26. The van der Waals surface area contributed by atoms with E-state index in [-0.39, 0.29) is 23.4 Å². The number of carbonyl (C=O) groups excluding carboxylic acids is 2. The zero-order chi connectivity index (χ0) is 14.4. The van der Waals surface area contributed by atoms with Crippen molar-refractivity contribution in [3.63, 3.8) is 0 Å². The molecule has 20 heavy (non-hydrogen) atoms. The summed E-state index contributed by atoms with van der Waals surface area (Å²) in [5.74, 6) is -0.358. The van der Waals surface area contributed by atoms with Crippen molar-refractivity contribution in [1.82, 2.24) is 20.8 Å². The Kier molecular flexibility index (Phi) is 4.91. The van der Waals surface area contributed by atoms with Gasteiger partial charge in [-0.25, -0.2) is 9.97 Å². The number of hydrogen-bond donors (Lipinski definition) is 3. The number of nitrogens with two attached hydrogens (primary N) is 1. The van der Waals surface area contributed by atoms with Crippen LogP contribution in [0.1, 0.15) is 9.67 Å². The van der Waals surface area contributed by atoms with Crippen LogP contribution in [0, 0.1) is 0 Å². The molecule has 0 saturated carbocycles. The number of hydrogen-bond acceptors (Lipinski definition) is 7. The van der Waals surface area contributed by atoms with Crippen molar-refractivity contribution < 1.29 is 9.59 Å². The number of anilines is 1. The van der Waals surface area contributed by atoms with E-state index in [0.717, 1.165) is 11.8 Å². The Bertz CT molecular complexity index is 603. The van der Waals surface area contributed by atoms with Crippen LogP contribution in [0.2, 0.25) is 0 Å². The predicted octanol–water partition coefficient (Wildman–Crippen LogP) is 0.674. The van der Waals surface area contributed by atoms with Crippen molar-refractivity contribution in [2.75, 3.05) is 11.5 Å². The average molecular weight is 309 g/mol. The first-order valence-electron chi connectivity index (χ1n) is 5.49. The predicted molar refractivity (Wildman–Crippen MR) is 77.1 cm³/mol. The molecule has 0 spiro atoms. The van der Waals surface area contributed by atoms with Gasteiger partial charge in [-0.3, -0.25) is 20.4 Å². The van der Waals surface area contributed by atoms with E-state index in [4.69, 9.17) is 5.73 Å². The molecule has 0 saturated heterocycles. The van der Waals surface area contributed by atoms with E-state index >= 15 is 0 Å². The van der Waals surface area contributed by atoms with Crippen LogP contribution in [0.5, 0.6) is 0 Å². The summed E-state index contributed by atoms with van der Waals surface area (Å²) in [6.45, 7) is 0. The van der Waals surface area contributed by atoms with E-state index < -0.39 is 0 Å². The van der Waals surface area contributed by atoms with E-state index in [9.17, 15) is 9.59 Å². The molecule has 0 fully saturated rings. The molecular formula is C11H11N5O2S2. The number of carbonyl (C=O) groups is 2. The third-order valence-corrected chi connectivity index (χ3v) is 3.95. The number of hydrazine groups is 1. The fraction of sp³-hybridized carbons (Fsp3) is 0.0909. The van der Waals surface area contributed by atoms with E-state index in [0.29, 0.717) is 9.90 Å². The second-order valence-corrected chi connectivity index (χ2v) is 5.43. The Morgan fingerprint density at radius 3 is 2.80 bits per heavy atom. The SMILES string of the molecule is Nc1nccnc1SCC(=O)NNC(=O)c1cccs1. The third-order valence-electron chi connectivity index (χ3n) is 2.09. The van der Waals surface area contributed by atoms with Crippen LogP contribution in [0.4, 0.5) is 5.82 Å². The fourth-order valence-electron chi connectivity index (χ4n) is 1.21.